The predicted molar refractivity (Wildman–Crippen MR) is 106 cm³/mol. The van der Waals surface area contributed by atoms with Crippen LogP contribution in [0.1, 0.15) is 23.9 Å². The summed E-state index contributed by atoms with van der Waals surface area (Å²) in [6, 6.07) is 3.68. The van der Waals surface area contributed by atoms with Crippen LogP contribution in [0.3, 0.4) is 0 Å². The summed E-state index contributed by atoms with van der Waals surface area (Å²) in [4.78, 5) is 14.9. The smallest absolute Gasteiger partial charge is 0.342 e. The Morgan fingerprint density at radius 1 is 1.24 bits per heavy atom. The minimum absolute atomic E-state index is 0.383. The first kappa shape index (κ1) is 18.8. The van der Waals surface area contributed by atoms with Gasteiger partial charge in [0.25, 0.3) is 0 Å². The molecule has 2 heterocycles. The molecule has 0 aliphatic heterocycles. The van der Waals surface area contributed by atoms with Crippen LogP contribution in [0, 0.1) is 6.92 Å². The Bertz CT molecular complexity index is 898. The molecule has 0 spiro atoms. The Balaban J connectivity index is 2.01. The minimum atomic E-state index is -0.383. The van der Waals surface area contributed by atoms with Gasteiger partial charge in [0, 0.05) is 16.7 Å². The maximum absolute atomic E-state index is 11.8. The lowest BCUT2D eigenvalue weighted by atomic mass is 10.1. The summed E-state index contributed by atoms with van der Waals surface area (Å²) in [5, 5.41) is 0. The average Bonchev–Trinajstić information content (AvgIpc) is 3.01. The van der Waals surface area contributed by atoms with E-state index < -0.39 is 0 Å². The molecule has 0 aliphatic rings. The molecule has 0 atom stereocenters. The van der Waals surface area contributed by atoms with E-state index in [9.17, 15) is 4.79 Å². The maximum atomic E-state index is 11.8. The molecule has 0 saturated heterocycles. The van der Waals surface area contributed by atoms with Gasteiger partial charge in [0.2, 0.25) is 0 Å². The van der Waals surface area contributed by atoms with E-state index in [0.717, 1.165) is 15.7 Å². The fourth-order valence-electron chi connectivity index (χ4n) is 2.06. The van der Waals surface area contributed by atoms with Gasteiger partial charge in [0.1, 0.15) is 11.5 Å². The molecular weight excluding hydrogens is 382 g/mol. The summed E-state index contributed by atoms with van der Waals surface area (Å²) in [7, 11) is 1.54. The fraction of sp³-hybridized carbons (Fsp3) is 0.150. The molecule has 130 valence electrons. The third kappa shape index (κ3) is 5.22. The number of nitrogens with one attached hydrogen (secondary N) is 1. The molecule has 0 radical (unpaired) electrons. The Morgan fingerprint density at radius 3 is 2.64 bits per heavy atom. The van der Waals surface area contributed by atoms with Crippen molar-refractivity contribution in [2.45, 2.75) is 13.8 Å². The van der Waals surface area contributed by atoms with Gasteiger partial charge < -0.3 is 14.1 Å². The van der Waals surface area contributed by atoms with Gasteiger partial charge in [0.15, 0.2) is 0 Å². The van der Waals surface area contributed by atoms with E-state index in [1.165, 1.54) is 7.11 Å². The van der Waals surface area contributed by atoms with E-state index in [-0.39, 0.29) is 5.63 Å². The zero-order valence-corrected chi connectivity index (χ0v) is 16.0. The molecule has 0 unspecified atom stereocenters. The van der Waals surface area contributed by atoms with Crippen LogP contribution < -0.4 is 10.4 Å². The van der Waals surface area contributed by atoms with Crippen molar-refractivity contribution in [2.75, 3.05) is 7.11 Å². The quantitative estimate of drug-likeness (QED) is 0.670. The molecule has 0 bridgehead atoms. The molecule has 0 saturated carbocycles. The minimum Gasteiger partial charge on any atom is -0.496 e. The normalized spacial score (nSPS) is 12.7. The number of aromatic amines is 1. The molecule has 0 amide bonds. The van der Waals surface area contributed by atoms with Crippen LogP contribution in [0.5, 0.6) is 5.75 Å². The van der Waals surface area contributed by atoms with Crippen molar-refractivity contribution in [3.8, 4) is 5.75 Å². The van der Waals surface area contributed by atoms with Crippen molar-refractivity contribution >= 4 is 27.6 Å². The number of methoxy groups -OCH3 is 1. The molecule has 0 aliphatic carbocycles. The molecule has 2 aromatic rings. The standard InChI is InChI=1S/C20H20BrNO3/c1-14(18-13-19(24-3)15(2)20(23)25-18)9-7-5-4-6-8-10-17-16(21)11-12-22-17/h4-13,22H,1-3H3/b6-4+,7-5+,10-8+,14-9+. The Morgan fingerprint density at radius 2 is 1.96 bits per heavy atom. The van der Waals surface area contributed by atoms with Crippen LogP contribution in [0.25, 0.3) is 11.6 Å². The number of hydrogen-bond donors (Lipinski definition) is 1. The summed E-state index contributed by atoms with van der Waals surface area (Å²) < 4.78 is 11.5. The van der Waals surface area contributed by atoms with Crippen LogP contribution in [0.15, 0.2) is 68.5 Å². The van der Waals surface area contributed by atoms with Crippen LogP contribution >= 0.6 is 15.9 Å². The topological polar surface area (TPSA) is 55.2 Å². The lowest BCUT2D eigenvalue weighted by Gasteiger charge is -2.05. The first-order valence-corrected chi connectivity index (χ1v) is 8.52. The molecular formula is C20H20BrNO3. The number of ether oxygens (including phenoxy) is 1. The zero-order chi connectivity index (χ0) is 18.2. The van der Waals surface area contributed by atoms with Gasteiger partial charge in [0.05, 0.1) is 18.4 Å². The molecule has 2 rings (SSSR count). The number of allylic oxidation sites excluding steroid dienone is 7. The van der Waals surface area contributed by atoms with E-state index in [1.807, 2.05) is 61.7 Å². The molecule has 2 aromatic heterocycles. The Hall–Kier alpha value is -2.53. The molecule has 5 heteroatoms. The number of rotatable bonds is 6. The highest BCUT2D eigenvalue weighted by molar-refractivity contribution is 9.10. The molecule has 25 heavy (non-hydrogen) atoms. The van der Waals surface area contributed by atoms with Crippen molar-refractivity contribution in [3.63, 3.8) is 0 Å². The predicted octanol–water partition coefficient (Wildman–Crippen LogP) is 5.28. The van der Waals surface area contributed by atoms with Crippen molar-refractivity contribution in [2.24, 2.45) is 0 Å². The van der Waals surface area contributed by atoms with Gasteiger partial charge in [-0.3, -0.25) is 0 Å². The van der Waals surface area contributed by atoms with Crippen LogP contribution in [0.2, 0.25) is 0 Å². The third-order valence-electron chi connectivity index (χ3n) is 3.53. The molecule has 0 aromatic carbocycles. The molecule has 1 N–H and O–H groups in total. The number of aromatic nitrogens is 1. The molecule has 4 nitrogen and oxygen atoms in total. The van der Waals surface area contributed by atoms with Gasteiger partial charge in [-0.25, -0.2) is 4.79 Å². The van der Waals surface area contributed by atoms with Gasteiger partial charge in [-0.05, 0) is 47.5 Å². The maximum Gasteiger partial charge on any atom is 0.342 e. The highest BCUT2D eigenvalue weighted by Crippen LogP contribution is 2.20. The summed E-state index contributed by atoms with van der Waals surface area (Å²) in [6.07, 6.45) is 15.3. The largest absolute Gasteiger partial charge is 0.496 e. The number of halogens is 1. The third-order valence-corrected chi connectivity index (χ3v) is 4.22. The Kier molecular flexibility index (Phi) is 6.83. The van der Waals surface area contributed by atoms with Crippen molar-refractivity contribution in [3.05, 3.63) is 86.7 Å². The van der Waals surface area contributed by atoms with Crippen LogP contribution in [-0.2, 0) is 0 Å². The summed E-state index contributed by atoms with van der Waals surface area (Å²) in [5.41, 5.74) is 1.95. The van der Waals surface area contributed by atoms with E-state index in [1.54, 1.807) is 13.0 Å². The fourth-order valence-corrected chi connectivity index (χ4v) is 2.44. The van der Waals surface area contributed by atoms with Crippen molar-refractivity contribution < 1.29 is 9.15 Å². The van der Waals surface area contributed by atoms with Gasteiger partial charge >= 0.3 is 5.63 Å². The average molecular weight is 402 g/mol. The van der Waals surface area contributed by atoms with Crippen LogP contribution in [-0.4, -0.2) is 12.1 Å². The zero-order valence-electron chi connectivity index (χ0n) is 14.4. The van der Waals surface area contributed by atoms with E-state index in [4.69, 9.17) is 9.15 Å². The van der Waals surface area contributed by atoms with Crippen LogP contribution in [0.4, 0.5) is 0 Å². The van der Waals surface area contributed by atoms with Gasteiger partial charge in [-0.1, -0.05) is 36.5 Å². The van der Waals surface area contributed by atoms with E-state index in [0.29, 0.717) is 17.1 Å². The van der Waals surface area contributed by atoms with Gasteiger partial charge in [-0.15, -0.1) is 0 Å². The van der Waals surface area contributed by atoms with Crippen molar-refractivity contribution in [1.29, 1.82) is 0 Å². The highest BCUT2D eigenvalue weighted by atomic mass is 79.9. The second-order valence-corrected chi connectivity index (χ2v) is 6.16. The summed E-state index contributed by atoms with van der Waals surface area (Å²) in [6.45, 7) is 3.56. The first-order valence-electron chi connectivity index (χ1n) is 7.73. The monoisotopic (exact) mass is 401 g/mol. The Labute approximate surface area is 155 Å². The lowest BCUT2D eigenvalue weighted by molar-refractivity contribution is 0.395. The van der Waals surface area contributed by atoms with E-state index >= 15 is 0 Å². The first-order chi connectivity index (χ1) is 12.0. The number of hydrogen-bond acceptors (Lipinski definition) is 3. The second kappa shape index (κ2) is 9.08. The second-order valence-electron chi connectivity index (χ2n) is 5.31. The van der Waals surface area contributed by atoms with Crippen molar-refractivity contribution in [1.82, 2.24) is 4.98 Å². The highest BCUT2D eigenvalue weighted by Gasteiger charge is 2.08. The summed E-state index contributed by atoms with van der Waals surface area (Å²) >= 11 is 3.45. The van der Waals surface area contributed by atoms with Gasteiger partial charge in [-0.2, -0.15) is 0 Å². The lowest BCUT2D eigenvalue weighted by Crippen LogP contribution is -2.06. The number of H-pyrrole nitrogens is 1. The molecule has 0 fully saturated rings. The SMILES string of the molecule is COc1cc(/C(C)=C/C=C/C=C/C=C/c2[nH]ccc2Br)oc(=O)c1C. The summed E-state index contributed by atoms with van der Waals surface area (Å²) in [5.74, 6) is 1.03. The van der Waals surface area contributed by atoms with E-state index in [2.05, 4.69) is 20.9 Å².